The largest absolute Gasteiger partial charge is 0.497 e. The van der Waals surface area contributed by atoms with Crippen LogP contribution >= 0.6 is 0 Å². The summed E-state index contributed by atoms with van der Waals surface area (Å²) < 4.78 is 5.51. The first kappa shape index (κ1) is 15.5. The molecule has 2 aliphatic heterocycles. The van der Waals surface area contributed by atoms with E-state index in [4.69, 9.17) is 4.74 Å². The molecular weight excluding hydrogens is 306 g/mol. The van der Waals surface area contributed by atoms with Crippen molar-refractivity contribution in [1.82, 2.24) is 4.90 Å². The van der Waals surface area contributed by atoms with Crippen LogP contribution in [0.4, 0.5) is 0 Å². The fourth-order valence-electron chi connectivity index (χ4n) is 5.45. The SMILES string of the molecule is COc1ccc2c(c1)[C@@H](N1C[C@@H]3CC[C@H]1Cc1ccccc1C3)CC2. The second kappa shape index (κ2) is 6.17. The van der Waals surface area contributed by atoms with Gasteiger partial charge in [-0.1, -0.05) is 30.3 Å². The number of piperidine rings is 1. The summed E-state index contributed by atoms with van der Waals surface area (Å²) in [6, 6.07) is 17.1. The third-order valence-electron chi connectivity index (χ3n) is 6.73. The van der Waals surface area contributed by atoms with E-state index in [0.29, 0.717) is 12.1 Å². The Kier molecular flexibility index (Phi) is 3.82. The maximum atomic E-state index is 5.51. The highest BCUT2D eigenvalue weighted by Crippen LogP contribution is 2.43. The summed E-state index contributed by atoms with van der Waals surface area (Å²) in [5.41, 5.74) is 6.25. The number of hydrogen-bond donors (Lipinski definition) is 0. The molecule has 0 amide bonds. The van der Waals surface area contributed by atoms with Gasteiger partial charge in [-0.3, -0.25) is 4.90 Å². The number of nitrogens with zero attached hydrogens (tertiary/aromatic N) is 1. The van der Waals surface area contributed by atoms with Crippen LogP contribution < -0.4 is 4.74 Å². The molecule has 130 valence electrons. The zero-order valence-corrected chi connectivity index (χ0v) is 15.1. The monoisotopic (exact) mass is 333 g/mol. The number of hydrogen-bond acceptors (Lipinski definition) is 2. The number of aryl methyl sites for hydroxylation is 1. The van der Waals surface area contributed by atoms with Crippen LogP contribution in [0.25, 0.3) is 0 Å². The van der Waals surface area contributed by atoms with Crippen molar-refractivity contribution in [2.75, 3.05) is 13.7 Å². The fraction of sp³-hybridized carbons (Fsp3) is 0.478. The third kappa shape index (κ3) is 2.67. The van der Waals surface area contributed by atoms with Gasteiger partial charge in [-0.25, -0.2) is 0 Å². The van der Waals surface area contributed by atoms with E-state index >= 15 is 0 Å². The zero-order chi connectivity index (χ0) is 16.8. The molecule has 0 aromatic heterocycles. The maximum absolute atomic E-state index is 5.51. The van der Waals surface area contributed by atoms with Gasteiger partial charge >= 0.3 is 0 Å². The fourth-order valence-corrected chi connectivity index (χ4v) is 5.45. The van der Waals surface area contributed by atoms with Crippen LogP contribution in [0.5, 0.6) is 5.75 Å². The van der Waals surface area contributed by atoms with Crippen molar-refractivity contribution in [1.29, 1.82) is 0 Å². The highest BCUT2D eigenvalue weighted by atomic mass is 16.5. The van der Waals surface area contributed by atoms with Crippen molar-refractivity contribution in [3.05, 3.63) is 64.7 Å². The molecule has 2 heterocycles. The summed E-state index contributed by atoms with van der Waals surface area (Å²) in [7, 11) is 1.78. The molecule has 2 aliphatic carbocycles. The van der Waals surface area contributed by atoms with E-state index in [1.165, 1.54) is 56.2 Å². The molecule has 2 aromatic rings. The van der Waals surface area contributed by atoms with Crippen molar-refractivity contribution in [3.8, 4) is 5.75 Å². The topological polar surface area (TPSA) is 12.5 Å². The van der Waals surface area contributed by atoms with E-state index < -0.39 is 0 Å². The lowest BCUT2D eigenvalue weighted by molar-refractivity contribution is 0.0573. The second-order valence-electron chi connectivity index (χ2n) is 8.09. The van der Waals surface area contributed by atoms with E-state index in [9.17, 15) is 0 Å². The van der Waals surface area contributed by atoms with Crippen molar-refractivity contribution in [2.24, 2.45) is 5.92 Å². The molecule has 1 saturated heterocycles. The minimum absolute atomic E-state index is 0.586. The molecule has 0 N–H and O–H groups in total. The molecule has 2 heteroatoms. The number of ether oxygens (including phenoxy) is 1. The molecule has 2 nitrogen and oxygen atoms in total. The summed E-state index contributed by atoms with van der Waals surface area (Å²) >= 11 is 0. The Balaban J connectivity index is 1.49. The van der Waals surface area contributed by atoms with Gasteiger partial charge in [-0.15, -0.1) is 0 Å². The quantitative estimate of drug-likeness (QED) is 0.799. The van der Waals surface area contributed by atoms with E-state index in [2.05, 4.69) is 47.4 Å². The van der Waals surface area contributed by atoms with Crippen LogP contribution in [0, 0.1) is 5.92 Å². The highest BCUT2D eigenvalue weighted by molar-refractivity contribution is 5.41. The number of methoxy groups -OCH3 is 1. The average molecular weight is 333 g/mol. The number of fused-ring (bicyclic) bond motifs is 3. The molecule has 2 aromatic carbocycles. The van der Waals surface area contributed by atoms with Gasteiger partial charge in [0.05, 0.1) is 7.11 Å². The Labute approximate surface area is 150 Å². The van der Waals surface area contributed by atoms with Gasteiger partial charge < -0.3 is 4.74 Å². The van der Waals surface area contributed by atoms with Gasteiger partial charge in [-0.05, 0) is 78.8 Å². The summed E-state index contributed by atoms with van der Waals surface area (Å²) in [6.07, 6.45) is 7.72. The molecule has 3 atom stereocenters. The molecule has 6 rings (SSSR count). The van der Waals surface area contributed by atoms with Gasteiger partial charge in [0.2, 0.25) is 0 Å². The molecule has 0 radical (unpaired) electrons. The minimum Gasteiger partial charge on any atom is -0.497 e. The zero-order valence-electron chi connectivity index (χ0n) is 15.1. The Bertz CT molecular complexity index is 783. The smallest absolute Gasteiger partial charge is 0.119 e. The predicted molar refractivity (Wildman–Crippen MR) is 101 cm³/mol. The first-order chi connectivity index (χ1) is 12.3. The van der Waals surface area contributed by atoms with Gasteiger partial charge in [0, 0.05) is 18.6 Å². The van der Waals surface area contributed by atoms with Gasteiger partial charge in [-0.2, -0.15) is 0 Å². The summed E-state index contributed by atoms with van der Waals surface area (Å²) in [5.74, 6) is 1.82. The van der Waals surface area contributed by atoms with Gasteiger partial charge in [0.1, 0.15) is 5.75 Å². The molecule has 2 bridgehead atoms. The lowest BCUT2D eigenvalue weighted by atomic mass is 9.79. The van der Waals surface area contributed by atoms with Crippen molar-refractivity contribution < 1.29 is 4.74 Å². The first-order valence-electron chi connectivity index (χ1n) is 9.81. The molecule has 0 saturated carbocycles. The number of benzene rings is 2. The van der Waals surface area contributed by atoms with Crippen molar-refractivity contribution in [2.45, 2.75) is 50.6 Å². The molecule has 1 fully saturated rings. The van der Waals surface area contributed by atoms with Crippen LogP contribution in [0.15, 0.2) is 42.5 Å². The van der Waals surface area contributed by atoms with E-state index in [1.807, 2.05) is 0 Å². The van der Waals surface area contributed by atoms with Crippen molar-refractivity contribution in [3.63, 3.8) is 0 Å². The third-order valence-corrected chi connectivity index (χ3v) is 6.73. The minimum atomic E-state index is 0.586. The van der Waals surface area contributed by atoms with Crippen LogP contribution in [0.3, 0.4) is 0 Å². The summed E-state index contributed by atoms with van der Waals surface area (Å²) in [4.78, 5) is 2.86. The van der Waals surface area contributed by atoms with Gasteiger partial charge in [0.25, 0.3) is 0 Å². The van der Waals surface area contributed by atoms with Crippen LogP contribution in [0.1, 0.15) is 47.6 Å². The Morgan fingerprint density at radius 1 is 0.920 bits per heavy atom. The van der Waals surface area contributed by atoms with Crippen LogP contribution in [0.2, 0.25) is 0 Å². The summed E-state index contributed by atoms with van der Waals surface area (Å²) in [5, 5.41) is 0. The van der Waals surface area contributed by atoms with Crippen LogP contribution in [-0.4, -0.2) is 24.6 Å². The second-order valence-corrected chi connectivity index (χ2v) is 8.09. The summed E-state index contributed by atoms with van der Waals surface area (Å²) in [6.45, 7) is 1.26. The molecular formula is C23H27NO. The first-order valence-corrected chi connectivity index (χ1v) is 9.81. The van der Waals surface area contributed by atoms with Crippen LogP contribution in [-0.2, 0) is 19.3 Å². The molecule has 0 spiro atoms. The van der Waals surface area contributed by atoms with Crippen molar-refractivity contribution >= 4 is 0 Å². The van der Waals surface area contributed by atoms with E-state index in [0.717, 1.165) is 11.7 Å². The lowest BCUT2D eigenvalue weighted by Crippen LogP contribution is -2.47. The number of rotatable bonds is 2. The standard InChI is InChI=1S/C23H27NO/c1-25-21-10-7-17-8-11-23(22(17)14-21)24-15-16-6-9-20(24)13-19-5-3-2-4-18(19)12-16/h2-5,7,10,14,16,20,23H,6,8-9,11-13,15H2,1H3/t16-,20+,23+/m1/s1. The maximum Gasteiger partial charge on any atom is 0.119 e. The molecule has 0 unspecified atom stereocenters. The molecule has 4 aliphatic rings. The van der Waals surface area contributed by atoms with E-state index in [-0.39, 0.29) is 0 Å². The Morgan fingerprint density at radius 3 is 2.60 bits per heavy atom. The van der Waals surface area contributed by atoms with E-state index in [1.54, 1.807) is 18.2 Å². The normalized spacial score (nSPS) is 28.1. The lowest BCUT2D eigenvalue weighted by Gasteiger charge is -2.45. The highest BCUT2D eigenvalue weighted by Gasteiger charge is 2.38. The Morgan fingerprint density at radius 2 is 1.76 bits per heavy atom. The average Bonchev–Trinajstić information content (AvgIpc) is 3.04. The Hall–Kier alpha value is -1.80. The molecule has 25 heavy (non-hydrogen) atoms. The predicted octanol–water partition coefficient (Wildman–Crippen LogP) is 4.56. The van der Waals surface area contributed by atoms with Gasteiger partial charge in [0.15, 0.2) is 0 Å².